The quantitative estimate of drug-likeness (QED) is 0.0418. The topological polar surface area (TPSA) is 160 Å². The zero-order valence-electron chi connectivity index (χ0n) is 44.1. The van der Waals surface area contributed by atoms with E-state index < -0.39 is 21.5 Å². The molecule has 2 rings (SSSR count). The average Bonchev–Trinajstić information content (AvgIpc) is 3.21. The molecule has 0 spiro atoms. The number of aliphatic hydroxyl groups is 2. The van der Waals surface area contributed by atoms with E-state index in [9.17, 15) is 29.4 Å². The maximum atomic E-state index is 13.8. The minimum absolute atomic E-state index is 0.0107. The van der Waals surface area contributed by atoms with Crippen molar-refractivity contribution in [3.8, 4) is 0 Å². The van der Waals surface area contributed by atoms with Crippen molar-refractivity contribution in [3.05, 3.63) is 70.8 Å². The minimum Gasteiger partial charge on any atom is -0.383 e. The monoisotopic (exact) mass is 1020 g/mol. The molecule has 0 saturated carbocycles. The van der Waals surface area contributed by atoms with Gasteiger partial charge in [-0.2, -0.15) is 23.5 Å². The molecule has 4 unspecified atom stereocenters. The fraction of sp³-hybridized carbons (Fsp3) is 0.698. The predicted octanol–water partition coefficient (Wildman–Crippen LogP) is 11.0. The first-order chi connectivity index (χ1) is 31.2. The molecule has 0 saturated heterocycles. The van der Waals surface area contributed by atoms with Crippen LogP contribution in [0.4, 0.5) is 0 Å². The molecule has 2 aromatic carbocycles. The maximum absolute atomic E-state index is 13.8. The van der Waals surface area contributed by atoms with Crippen LogP contribution in [0, 0.1) is 11.8 Å². The van der Waals surface area contributed by atoms with Gasteiger partial charge in [-0.15, -0.1) is 23.5 Å². The van der Waals surface area contributed by atoms with Gasteiger partial charge < -0.3 is 35.1 Å². The van der Waals surface area contributed by atoms with Gasteiger partial charge in [0.05, 0.1) is 35.5 Å². The summed E-state index contributed by atoms with van der Waals surface area (Å²) in [7, 11) is 0. The Labute approximate surface area is 427 Å². The summed E-state index contributed by atoms with van der Waals surface area (Å²) in [5.74, 6) is 0.989. The van der Waals surface area contributed by atoms with Crippen molar-refractivity contribution in [2.45, 2.75) is 173 Å². The second-order valence-corrected chi connectivity index (χ2v) is 28.1. The number of benzene rings is 2. The van der Waals surface area contributed by atoms with Crippen LogP contribution in [-0.4, -0.2) is 126 Å². The molecule has 11 nitrogen and oxygen atoms in total. The van der Waals surface area contributed by atoms with Crippen molar-refractivity contribution < 1.29 is 43.6 Å². The lowest BCUT2D eigenvalue weighted by molar-refractivity contribution is -0.0296. The SMILES string of the molecule is CC(C)SCC(CSC(C)(O)CCOC(C)(C)C)C(=O)c1ccc(C(=O)NC(C)(C)CCOC(C)(C)CCNC(=O)c2ccc(C(=O)C(CSC(C)O)CSC(C)(C)COC(C)(C)C)cc2)cc1. The van der Waals surface area contributed by atoms with Crippen LogP contribution in [0.1, 0.15) is 171 Å². The van der Waals surface area contributed by atoms with E-state index in [-0.39, 0.29) is 51.2 Å². The van der Waals surface area contributed by atoms with Gasteiger partial charge >= 0.3 is 0 Å². The van der Waals surface area contributed by atoms with Crippen LogP contribution in [0.5, 0.6) is 0 Å². The number of hydrogen-bond donors (Lipinski definition) is 4. The molecule has 0 bridgehead atoms. The number of Topliss-reactive ketones (excluding diaryl/α,β-unsaturated/α-hetero) is 2. The smallest absolute Gasteiger partial charge is 0.251 e. The number of amides is 2. The Balaban J connectivity index is 1.90. The summed E-state index contributed by atoms with van der Waals surface area (Å²) in [5.41, 5.74) is -0.338. The third-order valence-corrected chi connectivity index (χ3v) is 15.9. The van der Waals surface area contributed by atoms with Crippen LogP contribution in [0.15, 0.2) is 48.5 Å². The lowest BCUT2D eigenvalue weighted by atomic mass is 9.98. The standard InChI is InChI=1S/C53H86N2O9S4/c1-36(2)65-31-42(34-68-53(16,61)27-30-62-48(4,5)6)44(57)39-19-23-41(24-20-39)47(60)55-50(10,11)26-29-63-51(12,13)25-28-54-46(59)40-21-17-38(18-22-40)45(58)43(32-66-37(3)56)33-67-52(14,15)35-64-49(7,8)9/h17-24,36-37,42-43,56,61H,25-35H2,1-16H3,(H,54,59)(H,55,60). The molecular formula is C53H86N2O9S4. The third kappa shape index (κ3) is 25.9. The Kier molecular flexibility index (Phi) is 25.2. The summed E-state index contributed by atoms with van der Waals surface area (Å²) in [6, 6.07) is 13.5. The van der Waals surface area contributed by atoms with E-state index in [4.69, 9.17) is 14.2 Å². The molecule has 68 heavy (non-hydrogen) atoms. The van der Waals surface area contributed by atoms with Gasteiger partial charge in [0.1, 0.15) is 4.93 Å². The molecule has 0 aromatic heterocycles. The fourth-order valence-corrected chi connectivity index (χ4v) is 10.4. The minimum atomic E-state index is -1.04. The van der Waals surface area contributed by atoms with Gasteiger partial charge in [0.2, 0.25) is 0 Å². The molecule has 0 aliphatic rings. The van der Waals surface area contributed by atoms with Gasteiger partial charge in [0.25, 0.3) is 11.8 Å². The first-order valence-electron chi connectivity index (χ1n) is 23.9. The molecular weight excluding hydrogens is 937 g/mol. The van der Waals surface area contributed by atoms with Gasteiger partial charge in [-0.05, 0) is 139 Å². The van der Waals surface area contributed by atoms with Crippen molar-refractivity contribution in [1.29, 1.82) is 0 Å². The van der Waals surface area contributed by atoms with Crippen molar-refractivity contribution in [2.75, 3.05) is 49.4 Å². The molecule has 2 aromatic rings. The largest absolute Gasteiger partial charge is 0.383 e. The highest BCUT2D eigenvalue weighted by Crippen LogP contribution is 2.33. The molecule has 4 atom stereocenters. The number of carbonyl (C=O) groups is 4. The maximum Gasteiger partial charge on any atom is 0.251 e. The number of ether oxygens (including phenoxy) is 3. The van der Waals surface area contributed by atoms with Gasteiger partial charge in [-0.3, -0.25) is 19.2 Å². The van der Waals surface area contributed by atoms with E-state index in [1.165, 1.54) is 23.5 Å². The average molecular weight is 1020 g/mol. The second-order valence-electron chi connectivity index (χ2n) is 22.0. The normalized spacial score (nSPS) is 15.1. The number of carbonyl (C=O) groups excluding carboxylic acids is 4. The zero-order valence-corrected chi connectivity index (χ0v) is 47.4. The van der Waals surface area contributed by atoms with Crippen LogP contribution < -0.4 is 10.6 Å². The lowest BCUT2D eigenvalue weighted by Crippen LogP contribution is -2.45. The van der Waals surface area contributed by atoms with E-state index in [1.54, 1.807) is 85.9 Å². The number of hydrogen-bond acceptors (Lipinski definition) is 13. The fourth-order valence-electron chi connectivity index (χ4n) is 6.34. The molecule has 0 radical (unpaired) electrons. The Morgan fingerprint density at radius 1 is 0.574 bits per heavy atom. The Morgan fingerprint density at radius 2 is 1.03 bits per heavy atom. The summed E-state index contributed by atoms with van der Waals surface area (Å²) in [5, 5.41) is 27.4. The molecule has 386 valence electrons. The summed E-state index contributed by atoms with van der Waals surface area (Å²) in [6.07, 6.45) is 1.53. The van der Waals surface area contributed by atoms with Crippen molar-refractivity contribution in [3.63, 3.8) is 0 Å². The predicted molar refractivity (Wildman–Crippen MR) is 289 cm³/mol. The van der Waals surface area contributed by atoms with E-state index in [0.29, 0.717) is 96.1 Å². The highest BCUT2D eigenvalue weighted by atomic mass is 32.2. The van der Waals surface area contributed by atoms with Crippen LogP contribution in [0.25, 0.3) is 0 Å². The van der Waals surface area contributed by atoms with Crippen molar-refractivity contribution >= 4 is 70.4 Å². The summed E-state index contributed by atoms with van der Waals surface area (Å²) in [6.45, 7) is 33.4. The number of rotatable bonds is 31. The lowest BCUT2D eigenvalue weighted by Gasteiger charge is -2.30. The van der Waals surface area contributed by atoms with Crippen LogP contribution in [0.3, 0.4) is 0 Å². The third-order valence-electron chi connectivity index (χ3n) is 10.7. The van der Waals surface area contributed by atoms with E-state index in [0.717, 1.165) is 0 Å². The highest BCUT2D eigenvalue weighted by Gasteiger charge is 2.31. The van der Waals surface area contributed by atoms with Crippen molar-refractivity contribution in [1.82, 2.24) is 10.6 Å². The number of aliphatic hydroxyl groups excluding tert-OH is 1. The first kappa shape index (κ1) is 62.0. The van der Waals surface area contributed by atoms with Gasteiger partial charge in [-0.1, -0.05) is 38.1 Å². The van der Waals surface area contributed by atoms with Crippen molar-refractivity contribution in [2.24, 2.45) is 11.8 Å². The van der Waals surface area contributed by atoms with E-state index >= 15 is 0 Å². The number of ketones is 2. The summed E-state index contributed by atoms with van der Waals surface area (Å²) >= 11 is 6.13. The number of nitrogens with one attached hydrogen (secondary N) is 2. The Hall–Kier alpha value is -2.08. The Morgan fingerprint density at radius 3 is 1.51 bits per heavy atom. The van der Waals surface area contributed by atoms with Crippen LogP contribution in [-0.2, 0) is 14.2 Å². The molecule has 15 heteroatoms. The van der Waals surface area contributed by atoms with E-state index in [2.05, 4.69) is 38.3 Å². The van der Waals surface area contributed by atoms with Gasteiger partial charge in [0, 0.05) is 87.0 Å². The summed E-state index contributed by atoms with van der Waals surface area (Å²) < 4.78 is 17.9. The highest BCUT2D eigenvalue weighted by molar-refractivity contribution is 8.01. The van der Waals surface area contributed by atoms with Crippen LogP contribution >= 0.6 is 47.0 Å². The molecule has 0 heterocycles. The Bertz CT molecular complexity index is 1870. The van der Waals surface area contributed by atoms with Crippen LogP contribution in [0.2, 0.25) is 0 Å². The zero-order chi connectivity index (χ0) is 51.7. The van der Waals surface area contributed by atoms with E-state index in [1.807, 2.05) is 69.2 Å². The molecule has 2 amide bonds. The summed E-state index contributed by atoms with van der Waals surface area (Å²) in [4.78, 5) is 52.9. The van der Waals surface area contributed by atoms with Gasteiger partial charge in [0.15, 0.2) is 11.6 Å². The molecule has 4 N–H and O–H groups in total. The molecule has 0 aliphatic heterocycles. The first-order valence-corrected chi connectivity index (χ1v) is 28.0. The molecule has 0 aliphatic carbocycles. The van der Waals surface area contributed by atoms with Gasteiger partial charge in [-0.25, -0.2) is 0 Å². The second kappa shape index (κ2) is 27.7. The molecule has 0 fully saturated rings. The number of thioether (sulfide) groups is 4.